The van der Waals surface area contributed by atoms with Crippen LogP contribution in [-0.4, -0.2) is 63.7 Å². The van der Waals surface area contributed by atoms with Gasteiger partial charge >= 0.3 is 0 Å². The number of carbonyl (C=O) groups excluding carboxylic acids is 1. The van der Waals surface area contributed by atoms with E-state index in [2.05, 4.69) is 30.5 Å². The van der Waals surface area contributed by atoms with Crippen molar-refractivity contribution in [2.75, 3.05) is 33.1 Å². The molecule has 0 saturated carbocycles. The van der Waals surface area contributed by atoms with Gasteiger partial charge in [-0.25, -0.2) is 15.0 Å². The highest BCUT2D eigenvalue weighted by Gasteiger charge is 2.20. The first-order valence-electron chi connectivity index (χ1n) is 10.3. The molecule has 3 aromatic heterocycles. The van der Waals surface area contributed by atoms with Gasteiger partial charge in [-0.2, -0.15) is 0 Å². The van der Waals surface area contributed by atoms with Crippen molar-refractivity contribution in [3.8, 4) is 22.3 Å². The van der Waals surface area contributed by atoms with Crippen LogP contribution in [-0.2, 0) is 0 Å². The molecule has 1 atom stereocenters. The van der Waals surface area contributed by atoms with Gasteiger partial charge in [-0.3, -0.25) is 10.1 Å². The van der Waals surface area contributed by atoms with Gasteiger partial charge in [-0.15, -0.1) is 10.2 Å². The molecule has 4 rings (SSSR count). The van der Waals surface area contributed by atoms with Gasteiger partial charge in [0.15, 0.2) is 10.8 Å². The van der Waals surface area contributed by atoms with Gasteiger partial charge in [0, 0.05) is 25.0 Å². The van der Waals surface area contributed by atoms with Crippen LogP contribution in [0.25, 0.3) is 10.7 Å². The summed E-state index contributed by atoms with van der Waals surface area (Å²) in [5.74, 6) is 0.263. The molecule has 0 radical (unpaired) electrons. The minimum Gasteiger partial charge on any atom is -0.491 e. The number of nitrogens with zero attached hydrogens (tertiary/aromatic N) is 6. The van der Waals surface area contributed by atoms with Crippen LogP contribution < -0.4 is 14.8 Å². The fraction of sp³-hybridized carbons (Fsp3) is 0.217. The van der Waals surface area contributed by atoms with Crippen molar-refractivity contribution in [1.29, 1.82) is 0 Å². The number of hydrogen-bond donors (Lipinski definition) is 1. The highest BCUT2D eigenvalue weighted by Crippen LogP contribution is 2.31. The van der Waals surface area contributed by atoms with Crippen LogP contribution in [0, 0.1) is 0 Å². The standard InChI is InChI=1S/C23H23N7O3S/c1-30(2)13-19(15-7-5-4-6-8-15)33-21-18(32-3)11-16(12-25-21)20(31)27-23-29-28-22(34-23)17-9-10-24-14-26-17/h4-12,14,19H,13H2,1-3H3,(H,27,29,31)/t19-/m0/s1. The van der Waals surface area contributed by atoms with Crippen LogP contribution in [0.15, 0.2) is 61.2 Å². The normalized spacial score (nSPS) is 11.8. The summed E-state index contributed by atoms with van der Waals surface area (Å²) in [6.45, 7) is 0.642. The van der Waals surface area contributed by atoms with Crippen molar-refractivity contribution in [1.82, 2.24) is 30.0 Å². The topological polar surface area (TPSA) is 115 Å². The molecule has 10 nitrogen and oxygen atoms in total. The summed E-state index contributed by atoms with van der Waals surface area (Å²) < 4.78 is 11.7. The third-order valence-electron chi connectivity index (χ3n) is 4.70. The molecular weight excluding hydrogens is 454 g/mol. The number of aromatic nitrogens is 5. The third-order valence-corrected chi connectivity index (χ3v) is 5.56. The van der Waals surface area contributed by atoms with Crippen LogP contribution >= 0.6 is 11.3 Å². The Morgan fingerprint density at radius 3 is 2.68 bits per heavy atom. The first kappa shape index (κ1) is 23.2. The fourth-order valence-corrected chi connectivity index (χ4v) is 3.81. The average molecular weight is 478 g/mol. The Balaban J connectivity index is 1.50. The number of benzene rings is 1. The molecule has 0 bridgehead atoms. The van der Waals surface area contributed by atoms with E-state index in [1.807, 2.05) is 49.3 Å². The lowest BCUT2D eigenvalue weighted by Gasteiger charge is -2.23. The van der Waals surface area contributed by atoms with Crippen LogP contribution in [0.4, 0.5) is 5.13 Å². The number of nitrogens with one attached hydrogen (secondary N) is 1. The van der Waals surface area contributed by atoms with Gasteiger partial charge in [-0.05, 0) is 25.7 Å². The number of pyridine rings is 1. The number of likely N-dealkylation sites (N-methyl/N-ethyl adjacent to an activating group) is 1. The lowest BCUT2D eigenvalue weighted by atomic mass is 10.1. The molecule has 0 saturated heterocycles. The Labute approximate surface area is 200 Å². The van der Waals surface area contributed by atoms with Crippen molar-refractivity contribution in [2.24, 2.45) is 0 Å². The number of anilines is 1. The molecule has 0 fully saturated rings. The Hall–Kier alpha value is -3.96. The molecule has 3 heterocycles. The smallest absolute Gasteiger partial charge is 0.259 e. The summed E-state index contributed by atoms with van der Waals surface area (Å²) in [6, 6.07) is 13.2. The molecule has 0 aliphatic heterocycles. The average Bonchev–Trinajstić information content (AvgIpc) is 3.33. The quantitative estimate of drug-likeness (QED) is 0.387. The summed E-state index contributed by atoms with van der Waals surface area (Å²) in [7, 11) is 5.45. The van der Waals surface area contributed by atoms with E-state index in [-0.39, 0.29) is 6.10 Å². The van der Waals surface area contributed by atoms with E-state index < -0.39 is 5.91 Å². The summed E-state index contributed by atoms with van der Waals surface area (Å²) in [5.41, 5.74) is 1.94. The third kappa shape index (κ3) is 5.69. The Morgan fingerprint density at radius 2 is 1.97 bits per heavy atom. The van der Waals surface area contributed by atoms with Crippen molar-refractivity contribution in [3.63, 3.8) is 0 Å². The molecule has 0 unspecified atom stereocenters. The number of carbonyl (C=O) groups is 1. The number of ether oxygens (including phenoxy) is 2. The Bertz CT molecular complexity index is 1240. The molecule has 0 aliphatic carbocycles. The van der Waals surface area contributed by atoms with E-state index >= 15 is 0 Å². The highest BCUT2D eigenvalue weighted by atomic mass is 32.1. The van der Waals surface area contributed by atoms with E-state index in [1.54, 1.807) is 18.3 Å². The molecule has 1 N–H and O–H groups in total. The summed E-state index contributed by atoms with van der Waals surface area (Å²) in [5, 5.41) is 11.7. The molecular formula is C23H23N7O3S. The number of methoxy groups -OCH3 is 1. The largest absolute Gasteiger partial charge is 0.491 e. The fourth-order valence-electron chi connectivity index (χ4n) is 3.10. The van der Waals surface area contributed by atoms with E-state index in [4.69, 9.17) is 9.47 Å². The molecule has 11 heteroatoms. The Kier molecular flexibility index (Phi) is 7.35. The SMILES string of the molecule is COc1cc(C(=O)Nc2nnc(-c3ccncn3)s2)cnc1O[C@@H](CN(C)C)c1ccccc1. The molecule has 4 aromatic rings. The van der Waals surface area contributed by atoms with Crippen molar-refractivity contribution in [3.05, 3.63) is 72.3 Å². The predicted octanol–water partition coefficient (Wildman–Crippen LogP) is 3.33. The second kappa shape index (κ2) is 10.8. The maximum atomic E-state index is 12.8. The monoisotopic (exact) mass is 477 g/mol. The van der Waals surface area contributed by atoms with Crippen molar-refractivity contribution >= 4 is 22.4 Å². The maximum absolute atomic E-state index is 12.8. The van der Waals surface area contributed by atoms with Gasteiger partial charge in [-0.1, -0.05) is 41.7 Å². The molecule has 0 spiro atoms. The van der Waals surface area contributed by atoms with Gasteiger partial charge in [0.1, 0.15) is 18.1 Å². The van der Waals surface area contributed by atoms with E-state index in [0.717, 1.165) is 5.56 Å². The molecule has 174 valence electrons. The highest BCUT2D eigenvalue weighted by molar-refractivity contribution is 7.18. The molecule has 34 heavy (non-hydrogen) atoms. The molecule has 0 aliphatic rings. The zero-order chi connectivity index (χ0) is 23.9. The van der Waals surface area contributed by atoms with E-state index in [9.17, 15) is 4.79 Å². The lowest BCUT2D eigenvalue weighted by molar-refractivity contribution is 0.102. The molecule has 1 amide bonds. The van der Waals surface area contributed by atoms with Gasteiger partial charge < -0.3 is 14.4 Å². The minimum atomic E-state index is -0.393. The van der Waals surface area contributed by atoms with Crippen molar-refractivity contribution in [2.45, 2.75) is 6.10 Å². The summed E-state index contributed by atoms with van der Waals surface area (Å²) in [6.07, 6.45) is 4.22. The van der Waals surface area contributed by atoms with Gasteiger partial charge in [0.25, 0.3) is 11.8 Å². The summed E-state index contributed by atoms with van der Waals surface area (Å²) >= 11 is 1.21. The minimum absolute atomic E-state index is 0.265. The maximum Gasteiger partial charge on any atom is 0.259 e. The first-order chi connectivity index (χ1) is 16.5. The zero-order valence-corrected chi connectivity index (χ0v) is 19.7. The molecule has 1 aromatic carbocycles. The second-order valence-electron chi connectivity index (χ2n) is 7.47. The zero-order valence-electron chi connectivity index (χ0n) is 18.9. The second-order valence-corrected chi connectivity index (χ2v) is 8.45. The van der Waals surface area contributed by atoms with Crippen LogP contribution in [0.2, 0.25) is 0 Å². The Morgan fingerprint density at radius 1 is 1.15 bits per heavy atom. The number of amides is 1. The number of rotatable bonds is 9. The van der Waals surface area contributed by atoms with E-state index in [1.165, 1.54) is 31.0 Å². The van der Waals surface area contributed by atoms with Crippen molar-refractivity contribution < 1.29 is 14.3 Å². The van der Waals surface area contributed by atoms with Crippen LogP contribution in [0.1, 0.15) is 22.0 Å². The van der Waals surface area contributed by atoms with Gasteiger partial charge in [0.05, 0.1) is 12.7 Å². The first-order valence-corrected chi connectivity index (χ1v) is 11.2. The predicted molar refractivity (Wildman–Crippen MR) is 128 cm³/mol. The summed E-state index contributed by atoms with van der Waals surface area (Å²) in [4.78, 5) is 27.2. The van der Waals surface area contributed by atoms with Crippen LogP contribution in [0.5, 0.6) is 11.6 Å². The van der Waals surface area contributed by atoms with Crippen LogP contribution in [0.3, 0.4) is 0 Å². The number of hydrogen-bond acceptors (Lipinski definition) is 10. The van der Waals surface area contributed by atoms with E-state index in [0.29, 0.717) is 39.6 Å². The van der Waals surface area contributed by atoms with Gasteiger partial charge in [0.2, 0.25) is 5.13 Å². The lowest BCUT2D eigenvalue weighted by Crippen LogP contribution is -2.24.